The van der Waals surface area contributed by atoms with Crippen molar-refractivity contribution < 1.29 is 23.8 Å². The Hall–Kier alpha value is -2.30. The van der Waals surface area contributed by atoms with Gasteiger partial charge in [-0.2, -0.15) is 0 Å². The smallest absolute Gasteiger partial charge is 0.334 e. The van der Waals surface area contributed by atoms with Gasteiger partial charge in [0.1, 0.15) is 24.1 Å². The van der Waals surface area contributed by atoms with Crippen molar-refractivity contribution in [3.63, 3.8) is 0 Å². The molecule has 5 heteroatoms. The maximum absolute atomic E-state index is 12.7. The molecule has 2 bridgehead atoms. The molecule has 1 fully saturated rings. The summed E-state index contributed by atoms with van der Waals surface area (Å²) in [5.41, 5.74) is 2.33. The lowest BCUT2D eigenvalue weighted by Crippen LogP contribution is -2.34. The molecule has 0 saturated carbocycles. The quantitative estimate of drug-likeness (QED) is 0.518. The zero-order valence-corrected chi connectivity index (χ0v) is 17.0. The number of esters is 2. The van der Waals surface area contributed by atoms with Gasteiger partial charge in [-0.25, -0.2) is 4.79 Å². The van der Waals surface area contributed by atoms with Gasteiger partial charge in [0, 0.05) is 18.4 Å². The van der Waals surface area contributed by atoms with Crippen LogP contribution in [0, 0.1) is 11.8 Å². The molecule has 2 unspecified atom stereocenters. The second kappa shape index (κ2) is 8.38. The molecule has 28 heavy (non-hydrogen) atoms. The van der Waals surface area contributed by atoms with E-state index in [1.54, 1.807) is 0 Å². The molecule has 2 heterocycles. The lowest BCUT2D eigenvalue weighted by Gasteiger charge is -2.27. The van der Waals surface area contributed by atoms with Gasteiger partial charge in [-0.3, -0.25) is 4.79 Å². The molecule has 5 nitrogen and oxygen atoms in total. The third-order valence-electron chi connectivity index (χ3n) is 5.75. The van der Waals surface area contributed by atoms with Gasteiger partial charge in [-0.1, -0.05) is 45.4 Å². The van der Waals surface area contributed by atoms with Crippen molar-refractivity contribution >= 4 is 11.9 Å². The molecular formula is C23H30O5. The second-order valence-electron chi connectivity index (χ2n) is 8.13. The van der Waals surface area contributed by atoms with Gasteiger partial charge in [0.15, 0.2) is 0 Å². The topological polar surface area (TPSA) is 61.8 Å². The minimum atomic E-state index is -0.499. The van der Waals surface area contributed by atoms with E-state index in [1.807, 2.05) is 26.0 Å². The SMILES string of the molecule is C=C1OC2CC3=C[C@@H](C/C(C)=C/[C@@H](OC(=O)C(C)CCCC)[C@@H]2C1=C)OC3=O. The summed E-state index contributed by atoms with van der Waals surface area (Å²) in [6, 6.07) is 0. The predicted molar refractivity (Wildman–Crippen MR) is 106 cm³/mol. The number of rotatable bonds is 5. The summed E-state index contributed by atoms with van der Waals surface area (Å²) >= 11 is 0. The summed E-state index contributed by atoms with van der Waals surface area (Å²) in [5.74, 6) is -0.449. The van der Waals surface area contributed by atoms with Crippen LogP contribution >= 0.6 is 0 Å². The van der Waals surface area contributed by atoms with E-state index < -0.39 is 6.10 Å². The minimum absolute atomic E-state index is 0.162. The molecule has 0 aromatic rings. The van der Waals surface area contributed by atoms with E-state index in [0.717, 1.165) is 30.4 Å². The van der Waals surface area contributed by atoms with Crippen LogP contribution in [0.3, 0.4) is 0 Å². The van der Waals surface area contributed by atoms with Crippen LogP contribution in [0.15, 0.2) is 47.8 Å². The highest BCUT2D eigenvalue weighted by atomic mass is 16.6. The molecular weight excluding hydrogens is 356 g/mol. The number of fused-ring (bicyclic) bond motifs is 2. The summed E-state index contributed by atoms with van der Waals surface area (Å²) in [7, 11) is 0. The zero-order valence-electron chi connectivity index (χ0n) is 17.0. The molecule has 0 radical (unpaired) electrons. The number of unbranched alkanes of at least 4 members (excludes halogenated alkanes) is 1. The molecule has 0 aromatic heterocycles. The molecule has 3 rings (SSSR count). The van der Waals surface area contributed by atoms with Crippen molar-refractivity contribution in [2.24, 2.45) is 11.8 Å². The normalized spacial score (nSPS) is 32.5. The fourth-order valence-corrected chi connectivity index (χ4v) is 4.08. The van der Waals surface area contributed by atoms with E-state index in [1.165, 1.54) is 0 Å². The van der Waals surface area contributed by atoms with Gasteiger partial charge in [0.2, 0.25) is 0 Å². The van der Waals surface area contributed by atoms with Crippen molar-refractivity contribution in [2.75, 3.05) is 0 Å². The first-order valence-electron chi connectivity index (χ1n) is 10.1. The molecule has 3 aliphatic rings. The molecule has 0 spiro atoms. The van der Waals surface area contributed by atoms with Crippen LogP contribution in [-0.2, 0) is 23.8 Å². The zero-order chi connectivity index (χ0) is 20.4. The number of hydrogen-bond acceptors (Lipinski definition) is 5. The first-order valence-corrected chi connectivity index (χ1v) is 10.1. The fraction of sp³-hybridized carbons (Fsp3) is 0.565. The molecule has 1 aliphatic carbocycles. The number of allylic oxidation sites excluding steroid dienone is 1. The summed E-state index contributed by atoms with van der Waals surface area (Å²) in [6.07, 6.45) is 6.52. The fourth-order valence-electron chi connectivity index (χ4n) is 4.08. The third-order valence-corrected chi connectivity index (χ3v) is 5.75. The molecule has 2 aliphatic heterocycles. The Kier molecular flexibility index (Phi) is 6.11. The summed E-state index contributed by atoms with van der Waals surface area (Å²) in [6.45, 7) is 14.0. The Morgan fingerprint density at radius 2 is 2.04 bits per heavy atom. The van der Waals surface area contributed by atoms with Gasteiger partial charge >= 0.3 is 11.9 Å². The Labute approximate surface area is 167 Å². The Morgan fingerprint density at radius 3 is 2.75 bits per heavy atom. The van der Waals surface area contributed by atoms with Crippen LogP contribution in [-0.4, -0.2) is 30.3 Å². The molecule has 1 saturated heterocycles. The first kappa shape index (κ1) is 20.4. The number of hydrogen-bond donors (Lipinski definition) is 0. The van der Waals surface area contributed by atoms with E-state index in [2.05, 4.69) is 20.1 Å². The van der Waals surface area contributed by atoms with Crippen LogP contribution < -0.4 is 0 Å². The molecule has 0 aromatic carbocycles. The van der Waals surface area contributed by atoms with E-state index in [4.69, 9.17) is 14.2 Å². The molecule has 0 amide bonds. The number of ether oxygens (including phenoxy) is 3. The molecule has 152 valence electrons. The lowest BCUT2D eigenvalue weighted by atomic mass is 9.85. The minimum Gasteiger partial charge on any atom is -0.490 e. The van der Waals surface area contributed by atoms with Crippen LogP contribution in [0.2, 0.25) is 0 Å². The monoisotopic (exact) mass is 386 g/mol. The highest BCUT2D eigenvalue weighted by molar-refractivity contribution is 5.91. The van der Waals surface area contributed by atoms with E-state index in [0.29, 0.717) is 24.2 Å². The average Bonchev–Trinajstić information content (AvgIpc) is 3.10. The van der Waals surface area contributed by atoms with Gasteiger partial charge in [0.25, 0.3) is 0 Å². The Bertz CT molecular complexity index is 744. The second-order valence-corrected chi connectivity index (χ2v) is 8.13. The first-order chi connectivity index (χ1) is 13.3. The van der Waals surface area contributed by atoms with E-state index in [9.17, 15) is 9.59 Å². The summed E-state index contributed by atoms with van der Waals surface area (Å²) in [5, 5.41) is 0. The van der Waals surface area contributed by atoms with E-state index >= 15 is 0 Å². The van der Waals surface area contributed by atoms with Crippen molar-refractivity contribution in [3.8, 4) is 0 Å². The van der Waals surface area contributed by atoms with Gasteiger partial charge in [0.05, 0.1) is 11.8 Å². The highest BCUT2D eigenvalue weighted by Gasteiger charge is 2.44. The van der Waals surface area contributed by atoms with Crippen molar-refractivity contribution in [1.82, 2.24) is 0 Å². The van der Waals surface area contributed by atoms with Gasteiger partial charge < -0.3 is 14.2 Å². The standard InChI is InChI=1S/C23H30O5/c1-6-7-8-14(3)22(24)28-19-10-13(2)9-18-11-17(23(25)27-18)12-20-21(19)15(4)16(5)26-20/h10-11,14,18-21H,4-9,12H2,1-3H3/b13-10+/t14?,18-,19-,20?,21+/m1/s1. The van der Waals surface area contributed by atoms with Crippen LogP contribution in [0.1, 0.15) is 52.9 Å². The van der Waals surface area contributed by atoms with Crippen LogP contribution in [0.25, 0.3) is 0 Å². The average molecular weight is 386 g/mol. The summed E-state index contributed by atoms with van der Waals surface area (Å²) in [4.78, 5) is 24.9. The van der Waals surface area contributed by atoms with Crippen molar-refractivity contribution in [2.45, 2.75) is 71.2 Å². The predicted octanol–water partition coefficient (Wildman–Crippen LogP) is 4.40. The van der Waals surface area contributed by atoms with Gasteiger partial charge in [-0.05, 0) is 31.1 Å². The van der Waals surface area contributed by atoms with Crippen molar-refractivity contribution in [1.29, 1.82) is 0 Å². The van der Waals surface area contributed by atoms with Crippen LogP contribution in [0.5, 0.6) is 0 Å². The van der Waals surface area contributed by atoms with E-state index in [-0.39, 0.29) is 36.0 Å². The third kappa shape index (κ3) is 4.23. The molecule has 0 N–H and O–H groups in total. The maximum Gasteiger partial charge on any atom is 0.334 e. The lowest BCUT2D eigenvalue weighted by molar-refractivity contribution is -0.154. The van der Waals surface area contributed by atoms with Gasteiger partial charge in [-0.15, -0.1) is 0 Å². The van der Waals surface area contributed by atoms with Crippen LogP contribution in [0.4, 0.5) is 0 Å². The largest absolute Gasteiger partial charge is 0.490 e. The van der Waals surface area contributed by atoms with Crippen molar-refractivity contribution in [3.05, 3.63) is 47.8 Å². The maximum atomic E-state index is 12.7. The number of carbonyl (C=O) groups excluding carboxylic acids is 2. The Balaban J connectivity index is 1.88. The summed E-state index contributed by atoms with van der Waals surface area (Å²) < 4.78 is 17.3. The Morgan fingerprint density at radius 1 is 1.29 bits per heavy atom. The molecule has 5 atom stereocenters. The number of carbonyl (C=O) groups is 2. The highest BCUT2D eigenvalue weighted by Crippen LogP contribution is 2.42.